The van der Waals surface area contributed by atoms with Crippen molar-refractivity contribution in [3.05, 3.63) is 228 Å². The van der Waals surface area contributed by atoms with Crippen LogP contribution in [0.2, 0.25) is 0 Å². The summed E-state index contributed by atoms with van der Waals surface area (Å²) in [6.07, 6.45) is 0. The van der Waals surface area contributed by atoms with Gasteiger partial charge in [0.05, 0.1) is 23.1 Å². The smallest absolute Gasteiger partial charge is 0.187 e. The van der Waals surface area contributed by atoms with Crippen LogP contribution in [0.1, 0.15) is 105 Å². The van der Waals surface area contributed by atoms with Gasteiger partial charge in [0.25, 0.3) is 0 Å². The van der Waals surface area contributed by atoms with E-state index in [9.17, 15) is 0 Å². The molecule has 2 aromatic heterocycles. The number of nitrogens with zero attached hydrogens (tertiary/aromatic N) is 4. The molecule has 0 aliphatic heterocycles. The molecule has 380 valence electrons. The average Bonchev–Trinajstić information content (AvgIpc) is 3.66. The summed E-state index contributed by atoms with van der Waals surface area (Å²) in [5.41, 5.74) is 18.6. The van der Waals surface area contributed by atoms with Crippen LogP contribution in [0.4, 0.5) is 39.8 Å². The Balaban J connectivity index is 1.07. The number of benzene rings is 10. The average molecular weight is 1000 g/mol. The zero-order valence-electron chi connectivity index (χ0n) is 46.8. The number of hydrogen-bond acceptors (Lipinski definition) is 2. The number of rotatable bonds is 7. The summed E-state index contributed by atoms with van der Waals surface area (Å²) in [5, 5.41) is 9.61. The highest BCUT2D eigenvalue weighted by molar-refractivity contribution is 6.27. The standard InChI is InChI=1S/C73H68N4/c1-70(2,3)52-18-30-57(31-19-52)75(58-32-20-53(21-33-58)71(4,5)6)61-28-16-47-40-63-65-42-51(46-14-26-56(74-13)27-15-46)43-66-64-41-48-17-29-62(39-50(48)45-68(64)77(69(65)66)67(63)44-49(47)38-61)76(59-34-22-54(23-35-59)72(7,8)9)60-36-24-55(25-37-60)73(10,11)12/h14-45H,1-12H3. The first-order valence-corrected chi connectivity index (χ1v) is 27.3. The van der Waals surface area contributed by atoms with Gasteiger partial charge in [-0.05, 0) is 186 Å². The van der Waals surface area contributed by atoms with E-state index in [2.05, 4.69) is 284 Å². The van der Waals surface area contributed by atoms with Crippen molar-refractivity contribution in [2.24, 2.45) is 0 Å². The molecule has 4 nitrogen and oxygen atoms in total. The second-order valence-electron chi connectivity index (χ2n) is 25.6. The maximum atomic E-state index is 7.66. The third kappa shape index (κ3) is 8.82. The molecule has 0 fully saturated rings. The summed E-state index contributed by atoms with van der Waals surface area (Å²) in [6, 6.07) is 72.8. The zero-order valence-corrected chi connectivity index (χ0v) is 46.8. The number of aromatic nitrogens is 1. The molecular weight excluding hydrogens is 933 g/mol. The quantitative estimate of drug-likeness (QED) is 0.148. The molecule has 0 spiro atoms. The Kier molecular flexibility index (Phi) is 11.5. The lowest BCUT2D eigenvalue weighted by Crippen LogP contribution is -2.14. The highest BCUT2D eigenvalue weighted by Gasteiger charge is 2.24. The summed E-state index contributed by atoms with van der Waals surface area (Å²) >= 11 is 0. The molecule has 0 aliphatic carbocycles. The maximum Gasteiger partial charge on any atom is 0.187 e. The second kappa shape index (κ2) is 17.9. The van der Waals surface area contributed by atoms with E-state index in [1.165, 1.54) is 81.9 Å². The van der Waals surface area contributed by atoms with Crippen molar-refractivity contribution in [2.75, 3.05) is 9.80 Å². The topological polar surface area (TPSA) is 15.3 Å². The molecule has 10 aromatic carbocycles. The Morgan fingerprint density at radius 3 is 0.948 bits per heavy atom. The zero-order chi connectivity index (χ0) is 53.9. The molecule has 0 atom stereocenters. The van der Waals surface area contributed by atoms with Gasteiger partial charge in [-0.1, -0.05) is 168 Å². The van der Waals surface area contributed by atoms with Crippen LogP contribution in [0.25, 0.3) is 75.6 Å². The summed E-state index contributed by atoms with van der Waals surface area (Å²) in [7, 11) is 0. The number of anilines is 6. The van der Waals surface area contributed by atoms with Crippen LogP contribution in [0.3, 0.4) is 0 Å². The number of hydrogen-bond donors (Lipinski definition) is 0. The molecule has 0 unspecified atom stereocenters. The van der Waals surface area contributed by atoms with E-state index in [1.807, 2.05) is 12.1 Å². The molecule has 0 saturated heterocycles. The van der Waals surface area contributed by atoms with Gasteiger partial charge in [-0.3, -0.25) is 0 Å². The molecule has 12 aromatic rings. The molecular formula is C73H68N4. The van der Waals surface area contributed by atoms with Crippen LogP contribution in [-0.4, -0.2) is 4.40 Å². The fourth-order valence-electron chi connectivity index (χ4n) is 11.5. The van der Waals surface area contributed by atoms with Crippen molar-refractivity contribution >= 4 is 99.5 Å². The van der Waals surface area contributed by atoms with Crippen LogP contribution in [0.15, 0.2) is 194 Å². The van der Waals surface area contributed by atoms with Gasteiger partial charge in [0.1, 0.15) is 0 Å². The molecule has 0 N–H and O–H groups in total. The van der Waals surface area contributed by atoms with E-state index >= 15 is 0 Å². The molecule has 0 radical (unpaired) electrons. The first kappa shape index (κ1) is 49.5. The van der Waals surface area contributed by atoms with Crippen LogP contribution in [0.5, 0.6) is 0 Å². The lowest BCUT2D eigenvalue weighted by atomic mass is 9.86. The second-order valence-corrected chi connectivity index (χ2v) is 25.6. The Labute approximate surface area is 455 Å². The van der Waals surface area contributed by atoms with Crippen molar-refractivity contribution in [3.63, 3.8) is 0 Å². The molecule has 2 heterocycles. The SMILES string of the molecule is [C-]#[N+]c1ccc(-c2cc3c4cc5ccc(N(c6ccc(C(C)(C)C)cc6)c6ccc(C(C)(C)C)cc6)cc5cc4n4c5cc6cc(N(c7ccc(C(C)(C)C)cc7)c7ccc(C(C)(C)C)cc7)ccc6cc5c(c2)c34)cc1. The Hall–Kier alpha value is -8.39. The molecule has 0 aliphatic rings. The van der Waals surface area contributed by atoms with Gasteiger partial charge in [-0.15, -0.1) is 0 Å². The van der Waals surface area contributed by atoms with Crippen molar-refractivity contribution < 1.29 is 0 Å². The molecule has 12 rings (SSSR count). The van der Waals surface area contributed by atoms with E-state index in [0.717, 1.165) is 45.3 Å². The van der Waals surface area contributed by atoms with Crippen molar-refractivity contribution in [2.45, 2.75) is 105 Å². The van der Waals surface area contributed by atoms with Crippen LogP contribution in [-0.2, 0) is 21.7 Å². The predicted molar refractivity (Wildman–Crippen MR) is 332 cm³/mol. The van der Waals surface area contributed by atoms with Crippen molar-refractivity contribution in [3.8, 4) is 11.1 Å². The summed E-state index contributed by atoms with van der Waals surface area (Å²) in [5.74, 6) is 0. The first-order valence-electron chi connectivity index (χ1n) is 27.3. The number of fused-ring (bicyclic) bond motifs is 8. The Bertz CT molecular complexity index is 3890. The minimum absolute atomic E-state index is 0.0449. The lowest BCUT2D eigenvalue weighted by Gasteiger charge is -2.28. The summed E-state index contributed by atoms with van der Waals surface area (Å²) in [6.45, 7) is 35.0. The molecule has 0 amide bonds. The highest BCUT2D eigenvalue weighted by Crippen LogP contribution is 2.47. The third-order valence-electron chi connectivity index (χ3n) is 16.1. The summed E-state index contributed by atoms with van der Waals surface area (Å²) in [4.78, 5) is 8.51. The van der Waals surface area contributed by atoms with Gasteiger partial charge < -0.3 is 14.2 Å². The van der Waals surface area contributed by atoms with Gasteiger partial charge in [0.2, 0.25) is 0 Å². The molecule has 77 heavy (non-hydrogen) atoms. The van der Waals surface area contributed by atoms with Crippen molar-refractivity contribution in [1.29, 1.82) is 0 Å². The molecule has 0 saturated carbocycles. The summed E-state index contributed by atoms with van der Waals surface area (Å²) < 4.78 is 2.53. The Morgan fingerprint density at radius 1 is 0.312 bits per heavy atom. The van der Waals surface area contributed by atoms with E-state index < -0.39 is 0 Å². The minimum Gasteiger partial charge on any atom is -0.310 e. The normalized spacial score (nSPS) is 12.7. The fraction of sp³-hybridized carbons (Fsp3) is 0.219. The van der Waals surface area contributed by atoms with E-state index in [1.54, 1.807) is 0 Å². The van der Waals surface area contributed by atoms with Crippen molar-refractivity contribution in [1.82, 2.24) is 4.40 Å². The fourth-order valence-corrected chi connectivity index (χ4v) is 11.5. The van der Waals surface area contributed by atoms with E-state index in [0.29, 0.717) is 5.69 Å². The lowest BCUT2D eigenvalue weighted by molar-refractivity contribution is 0.590. The monoisotopic (exact) mass is 1000 g/mol. The third-order valence-corrected chi connectivity index (χ3v) is 16.1. The maximum absolute atomic E-state index is 7.66. The largest absolute Gasteiger partial charge is 0.310 e. The first-order chi connectivity index (χ1) is 36.6. The van der Waals surface area contributed by atoms with Gasteiger partial charge in [-0.25, -0.2) is 4.85 Å². The molecule has 0 bridgehead atoms. The predicted octanol–water partition coefficient (Wildman–Crippen LogP) is 21.5. The van der Waals surface area contributed by atoms with Gasteiger partial charge in [0.15, 0.2) is 5.69 Å². The van der Waals surface area contributed by atoms with Crippen LogP contribution in [0, 0.1) is 6.57 Å². The van der Waals surface area contributed by atoms with Gasteiger partial charge >= 0.3 is 0 Å². The van der Waals surface area contributed by atoms with Gasteiger partial charge in [-0.2, -0.15) is 0 Å². The van der Waals surface area contributed by atoms with Crippen LogP contribution >= 0.6 is 0 Å². The minimum atomic E-state index is 0.0449. The van der Waals surface area contributed by atoms with Gasteiger partial charge in [0, 0.05) is 55.7 Å². The van der Waals surface area contributed by atoms with E-state index in [4.69, 9.17) is 6.57 Å². The Morgan fingerprint density at radius 2 is 0.636 bits per heavy atom. The molecule has 4 heteroatoms. The highest BCUT2D eigenvalue weighted by atomic mass is 15.1. The van der Waals surface area contributed by atoms with E-state index in [-0.39, 0.29) is 21.7 Å². The van der Waals surface area contributed by atoms with Crippen LogP contribution < -0.4 is 9.80 Å².